The predicted octanol–water partition coefficient (Wildman–Crippen LogP) is 2.11. The maximum Gasteiger partial charge on any atom is 0.0662 e. The highest BCUT2D eigenvalue weighted by molar-refractivity contribution is 9.10. The predicted molar refractivity (Wildman–Crippen MR) is 55.7 cm³/mol. The van der Waals surface area contributed by atoms with Gasteiger partial charge in [-0.3, -0.25) is 0 Å². The van der Waals surface area contributed by atoms with Crippen LogP contribution in [-0.4, -0.2) is 19.8 Å². The summed E-state index contributed by atoms with van der Waals surface area (Å²) in [4.78, 5) is 0. The summed E-state index contributed by atoms with van der Waals surface area (Å²) in [7, 11) is 0. The zero-order chi connectivity index (χ0) is 9.10. The molecule has 1 unspecified atom stereocenters. The standard InChI is InChI=1S/C10H12BrNO/c11-9-3-1-8(2-4-9)10-7-13-6-5-12-10/h1-4,10,12H,5-7H2. The highest BCUT2D eigenvalue weighted by Crippen LogP contribution is 2.18. The van der Waals surface area contributed by atoms with Crippen molar-refractivity contribution in [3.8, 4) is 0 Å². The molecule has 1 N–H and O–H groups in total. The Morgan fingerprint density at radius 1 is 1.31 bits per heavy atom. The number of halogens is 1. The quantitative estimate of drug-likeness (QED) is 0.814. The van der Waals surface area contributed by atoms with Crippen LogP contribution in [-0.2, 0) is 4.74 Å². The number of benzene rings is 1. The highest BCUT2D eigenvalue weighted by Gasteiger charge is 2.14. The fourth-order valence-electron chi connectivity index (χ4n) is 1.47. The highest BCUT2D eigenvalue weighted by atomic mass is 79.9. The molecule has 0 bridgehead atoms. The smallest absolute Gasteiger partial charge is 0.0662 e. The van der Waals surface area contributed by atoms with Gasteiger partial charge in [0, 0.05) is 11.0 Å². The molecule has 3 heteroatoms. The van der Waals surface area contributed by atoms with Crippen LogP contribution < -0.4 is 5.32 Å². The van der Waals surface area contributed by atoms with E-state index >= 15 is 0 Å². The third-order valence-electron chi connectivity index (χ3n) is 2.19. The van der Waals surface area contributed by atoms with Crippen LogP contribution in [0.25, 0.3) is 0 Å². The molecule has 1 fully saturated rings. The second kappa shape index (κ2) is 4.22. The molecule has 0 amide bonds. The molecule has 0 aliphatic carbocycles. The molecule has 0 saturated carbocycles. The Morgan fingerprint density at radius 3 is 2.69 bits per heavy atom. The zero-order valence-corrected chi connectivity index (χ0v) is 8.88. The van der Waals surface area contributed by atoms with Crippen molar-refractivity contribution in [2.24, 2.45) is 0 Å². The van der Waals surface area contributed by atoms with Crippen LogP contribution in [0.15, 0.2) is 28.7 Å². The Morgan fingerprint density at radius 2 is 2.08 bits per heavy atom. The minimum atomic E-state index is 0.363. The summed E-state index contributed by atoms with van der Waals surface area (Å²) in [6.45, 7) is 2.55. The average molecular weight is 242 g/mol. The maximum absolute atomic E-state index is 5.39. The molecular weight excluding hydrogens is 230 g/mol. The minimum Gasteiger partial charge on any atom is -0.378 e. The molecule has 1 aliphatic rings. The molecule has 13 heavy (non-hydrogen) atoms. The molecular formula is C10H12BrNO. The normalized spacial score (nSPS) is 23.0. The Hall–Kier alpha value is -0.380. The molecule has 0 aromatic heterocycles. The van der Waals surface area contributed by atoms with Crippen LogP contribution >= 0.6 is 15.9 Å². The lowest BCUT2D eigenvalue weighted by Crippen LogP contribution is -2.34. The first-order chi connectivity index (χ1) is 6.36. The van der Waals surface area contributed by atoms with E-state index in [4.69, 9.17) is 4.74 Å². The lowest BCUT2D eigenvalue weighted by atomic mass is 10.1. The first-order valence-corrected chi connectivity index (χ1v) is 5.22. The van der Waals surface area contributed by atoms with Crippen molar-refractivity contribution in [1.29, 1.82) is 0 Å². The van der Waals surface area contributed by atoms with Gasteiger partial charge in [-0.15, -0.1) is 0 Å². The fourth-order valence-corrected chi connectivity index (χ4v) is 1.74. The van der Waals surface area contributed by atoms with E-state index in [1.165, 1.54) is 5.56 Å². The summed E-state index contributed by atoms with van der Waals surface area (Å²) < 4.78 is 6.51. The van der Waals surface area contributed by atoms with Crippen LogP contribution in [0, 0.1) is 0 Å². The molecule has 1 atom stereocenters. The van der Waals surface area contributed by atoms with Gasteiger partial charge in [-0.1, -0.05) is 28.1 Å². The fraction of sp³-hybridized carbons (Fsp3) is 0.400. The first kappa shape index (κ1) is 9.19. The third-order valence-corrected chi connectivity index (χ3v) is 2.72. The summed E-state index contributed by atoms with van der Waals surface area (Å²) in [5, 5.41) is 3.41. The van der Waals surface area contributed by atoms with Gasteiger partial charge in [0.2, 0.25) is 0 Å². The summed E-state index contributed by atoms with van der Waals surface area (Å²) in [6, 6.07) is 8.73. The van der Waals surface area contributed by atoms with E-state index < -0.39 is 0 Å². The number of hydrogen-bond donors (Lipinski definition) is 1. The molecule has 1 aromatic rings. The van der Waals surface area contributed by atoms with E-state index in [9.17, 15) is 0 Å². The van der Waals surface area contributed by atoms with Crippen LogP contribution in [0.3, 0.4) is 0 Å². The molecule has 2 nitrogen and oxygen atoms in total. The van der Waals surface area contributed by atoms with Gasteiger partial charge in [0.1, 0.15) is 0 Å². The van der Waals surface area contributed by atoms with Gasteiger partial charge in [0.15, 0.2) is 0 Å². The van der Waals surface area contributed by atoms with E-state index in [0.717, 1.165) is 24.2 Å². The van der Waals surface area contributed by atoms with Gasteiger partial charge in [-0.05, 0) is 17.7 Å². The van der Waals surface area contributed by atoms with Crippen LogP contribution in [0.1, 0.15) is 11.6 Å². The Balaban J connectivity index is 2.10. The minimum absolute atomic E-state index is 0.363. The van der Waals surface area contributed by atoms with Gasteiger partial charge in [-0.2, -0.15) is 0 Å². The monoisotopic (exact) mass is 241 g/mol. The Bertz CT molecular complexity index is 267. The van der Waals surface area contributed by atoms with Gasteiger partial charge >= 0.3 is 0 Å². The number of morpholine rings is 1. The van der Waals surface area contributed by atoms with Crippen molar-refractivity contribution >= 4 is 15.9 Å². The van der Waals surface area contributed by atoms with E-state index in [1.54, 1.807) is 0 Å². The van der Waals surface area contributed by atoms with Crippen molar-refractivity contribution in [3.05, 3.63) is 34.3 Å². The van der Waals surface area contributed by atoms with Crippen molar-refractivity contribution < 1.29 is 4.74 Å². The Kier molecular flexibility index (Phi) is 2.98. The largest absolute Gasteiger partial charge is 0.378 e. The lowest BCUT2D eigenvalue weighted by Gasteiger charge is -2.24. The number of hydrogen-bond acceptors (Lipinski definition) is 2. The van der Waals surface area contributed by atoms with Crippen molar-refractivity contribution in [3.63, 3.8) is 0 Å². The molecule has 2 rings (SSSR count). The van der Waals surface area contributed by atoms with E-state index in [2.05, 4.69) is 45.5 Å². The topological polar surface area (TPSA) is 21.3 Å². The van der Waals surface area contributed by atoms with Crippen LogP contribution in [0.4, 0.5) is 0 Å². The number of nitrogens with one attached hydrogen (secondary N) is 1. The van der Waals surface area contributed by atoms with Crippen molar-refractivity contribution in [2.45, 2.75) is 6.04 Å². The van der Waals surface area contributed by atoms with Gasteiger partial charge in [0.05, 0.1) is 19.3 Å². The first-order valence-electron chi connectivity index (χ1n) is 4.43. The molecule has 1 heterocycles. The molecule has 1 aliphatic heterocycles. The summed E-state index contributed by atoms with van der Waals surface area (Å²) in [6.07, 6.45) is 0. The molecule has 0 radical (unpaired) electrons. The summed E-state index contributed by atoms with van der Waals surface area (Å²) in [5.74, 6) is 0. The Labute approximate surface area is 86.4 Å². The lowest BCUT2D eigenvalue weighted by molar-refractivity contribution is 0.0769. The van der Waals surface area contributed by atoms with Crippen molar-refractivity contribution in [1.82, 2.24) is 5.32 Å². The molecule has 1 saturated heterocycles. The third kappa shape index (κ3) is 2.30. The number of rotatable bonds is 1. The van der Waals surface area contributed by atoms with E-state index in [1.807, 2.05) is 0 Å². The molecule has 0 spiro atoms. The van der Waals surface area contributed by atoms with Gasteiger partial charge in [-0.25, -0.2) is 0 Å². The average Bonchev–Trinajstić information content (AvgIpc) is 2.20. The second-order valence-corrected chi connectivity index (χ2v) is 4.05. The van der Waals surface area contributed by atoms with Crippen LogP contribution in [0.2, 0.25) is 0 Å². The van der Waals surface area contributed by atoms with Crippen molar-refractivity contribution in [2.75, 3.05) is 19.8 Å². The van der Waals surface area contributed by atoms with E-state index in [0.29, 0.717) is 6.04 Å². The number of ether oxygens (including phenoxy) is 1. The SMILES string of the molecule is Brc1ccc(C2COCCN2)cc1. The summed E-state index contributed by atoms with van der Waals surface area (Å²) in [5.41, 5.74) is 1.29. The van der Waals surface area contributed by atoms with Crippen LogP contribution in [0.5, 0.6) is 0 Å². The van der Waals surface area contributed by atoms with E-state index in [-0.39, 0.29) is 0 Å². The zero-order valence-electron chi connectivity index (χ0n) is 7.29. The van der Waals surface area contributed by atoms with Gasteiger partial charge in [0.25, 0.3) is 0 Å². The molecule has 70 valence electrons. The molecule has 1 aromatic carbocycles. The maximum atomic E-state index is 5.39. The summed E-state index contributed by atoms with van der Waals surface area (Å²) >= 11 is 3.42. The van der Waals surface area contributed by atoms with Gasteiger partial charge < -0.3 is 10.1 Å². The second-order valence-electron chi connectivity index (χ2n) is 3.13.